The second kappa shape index (κ2) is 4.62. The standard InChI is InChI=1S/C15H13BrN2S/c1-9-6-7-12(11(16)8-9)18-13-5-3-4-10(2)14(13)17-15(18)19/h3-8H,1-2H3,(H,17,19). The molecule has 0 aliphatic carbocycles. The number of nitrogens with one attached hydrogen (secondary N) is 1. The summed E-state index contributed by atoms with van der Waals surface area (Å²) in [6.07, 6.45) is 0. The van der Waals surface area contributed by atoms with E-state index in [4.69, 9.17) is 12.2 Å². The molecule has 0 atom stereocenters. The zero-order valence-corrected chi connectivity index (χ0v) is 13.1. The van der Waals surface area contributed by atoms with Crippen LogP contribution in [0.1, 0.15) is 11.1 Å². The van der Waals surface area contributed by atoms with Crippen LogP contribution in [-0.2, 0) is 0 Å². The van der Waals surface area contributed by atoms with Crippen molar-refractivity contribution in [2.24, 2.45) is 0 Å². The van der Waals surface area contributed by atoms with E-state index in [1.54, 1.807) is 0 Å². The van der Waals surface area contributed by atoms with Crippen molar-refractivity contribution < 1.29 is 0 Å². The second-order valence-corrected chi connectivity index (χ2v) is 5.93. The van der Waals surface area contributed by atoms with Gasteiger partial charge in [0, 0.05) is 4.47 Å². The number of rotatable bonds is 1. The summed E-state index contributed by atoms with van der Waals surface area (Å²) in [6.45, 7) is 4.16. The summed E-state index contributed by atoms with van der Waals surface area (Å²) in [5, 5.41) is 0. The van der Waals surface area contributed by atoms with Gasteiger partial charge in [-0.3, -0.25) is 4.57 Å². The minimum absolute atomic E-state index is 0.717. The first kappa shape index (κ1) is 12.6. The molecular weight excluding hydrogens is 320 g/mol. The number of H-pyrrole nitrogens is 1. The van der Waals surface area contributed by atoms with Crippen LogP contribution in [0.25, 0.3) is 16.7 Å². The lowest BCUT2D eigenvalue weighted by molar-refractivity contribution is 1.05. The molecule has 0 amide bonds. The van der Waals surface area contributed by atoms with Gasteiger partial charge < -0.3 is 4.98 Å². The summed E-state index contributed by atoms with van der Waals surface area (Å²) in [7, 11) is 0. The fraction of sp³-hybridized carbons (Fsp3) is 0.133. The second-order valence-electron chi connectivity index (χ2n) is 4.69. The number of benzene rings is 2. The molecule has 3 rings (SSSR count). The van der Waals surface area contributed by atoms with Gasteiger partial charge in [0.2, 0.25) is 0 Å². The molecule has 4 heteroatoms. The van der Waals surface area contributed by atoms with Crippen LogP contribution in [0.3, 0.4) is 0 Å². The van der Waals surface area contributed by atoms with Crippen molar-refractivity contribution in [1.29, 1.82) is 0 Å². The van der Waals surface area contributed by atoms with Gasteiger partial charge in [-0.25, -0.2) is 0 Å². The number of aromatic nitrogens is 2. The monoisotopic (exact) mass is 332 g/mol. The predicted molar refractivity (Wildman–Crippen MR) is 85.6 cm³/mol. The lowest BCUT2D eigenvalue weighted by Gasteiger charge is -2.08. The maximum Gasteiger partial charge on any atom is 0.182 e. The van der Waals surface area contributed by atoms with E-state index < -0.39 is 0 Å². The van der Waals surface area contributed by atoms with E-state index >= 15 is 0 Å². The van der Waals surface area contributed by atoms with Crippen molar-refractivity contribution in [3.8, 4) is 5.69 Å². The third-order valence-electron chi connectivity index (χ3n) is 3.27. The zero-order valence-electron chi connectivity index (χ0n) is 10.7. The van der Waals surface area contributed by atoms with Crippen LogP contribution in [0.4, 0.5) is 0 Å². The minimum Gasteiger partial charge on any atom is -0.330 e. The van der Waals surface area contributed by atoms with Crippen molar-refractivity contribution in [2.75, 3.05) is 0 Å². The molecule has 1 N–H and O–H groups in total. The molecule has 0 aliphatic rings. The molecule has 0 bridgehead atoms. The smallest absolute Gasteiger partial charge is 0.182 e. The molecule has 1 heterocycles. The van der Waals surface area contributed by atoms with Gasteiger partial charge >= 0.3 is 0 Å². The average Bonchev–Trinajstić information content (AvgIpc) is 2.68. The maximum atomic E-state index is 5.47. The molecule has 96 valence electrons. The number of nitrogens with zero attached hydrogens (tertiary/aromatic N) is 1. The lowest BCUT2D eigenvalue weighted by atomic mass is 10.2. The number of fused-ring (bicyclic) bond motifs is 1. The Morgan fingerprint density at radius 2 is 1.95 bits per heavy atom. The predicted octanol–water partition coefficient (Wildman–Crippen LogP) is 5.07. The summed E-state index contributed by atoms with van der Waals surface area (Å²) in [5.41, 5.74) is 5.69. The summed E-state index contributed by atoms with van der Waals surface area (Å²) >= 11 is 9.10. The van der Waals surface area contributed by atoms with Gasteiger partial charge in [0.25, 0.3) is 0 Å². The summed E-state index contributed by atoms with van der Waals surface area (Å²) in [4.78, 5) is 3.29. The third-order valence-corrected chi connectivity index (χ3v) is 4.19. The van der Waals surface area contributed by atoms with Gasteiger partial charge in [0.1, 0.15) is 0 Å². The van der Waals surface area contributed by atoms with Crippen molar-refractivity contribution in [2.45, 2.75) is 13.8 Å². The Labute approximate surface area is 125 Å². The Bertz CT molecular complexity index is 830. The molecule has 0 radical (unpaired) electrons. The van der Waals surface area contributed by atoms with Crippen molar-refractivity contribution in [3.05, 3.63) is 56.8 Å². The fourth-order valence-electron chi connectivity index (χ4n) is 2.31. The van der Waals surface area contributed by atoms with Crippen LogP contribution in [-0.4, -0.2) is 9.55 Å². The Kier molecular flexibility index (Phi) is 3.07. The SMILES string of the molecule is Cc1ccc(-n2c(=S)[nH]c3c(C)cccc32)c(Br)c1. The van der Waals surface area contributed by atoms with E-state index in [0.29, 0.717) is 4.77 Å². The Balaban J connectivity index is 2.40. The molecule has 19 heavy (non-hydrogen) atoms. The first-order chi connectivity index (χ1) is 9.08. The molecule has 1 aromatic heterocycles. The number of halogens is 1. The maximum absolute atomic E-state index is 5.47. The lowest BCUT2D eigenvalue weighted by Crippen LogP contribution is -1.95. The van der Waals surface area contributed by atoms with Gasteiger partial charge in [0.15, 0.2) is 4.77 Å². The highest BCUT2D eigenvalue weighted by atomic mass is 79.9. The molecule has 0 fully saturated rings. The first-order valence-electron chi connectivity index (χ1n) is 6.05. The minimum atomic E-state index is 0.717. The summed E-state index contributed by atoms with van der Waals surface area (Å²) < 4.78 is 3.83. The normalized spacial score (nSPS) is 11.1. The van der Waals surface area contributed by atoms with Crippen LogP contribution >= 0.6 is 28.1 Å². The highest BCUT2D eigenvalue weighted by Crippen LogP contribution is 2.27. The molecule has 3 aromatic rings. The van der Waals surface area contributed by atoms with Gasteiger partial charge in [-0.1, -0.05) is 18.2 Å². The number of aryl methyl sites for hydroxylation is 2. The van der Waals surface area contributed by atoms with Crippen LogP contribution < -0.4 is 0 Å². The van der Waals surface area contributed by atoms with Gasteiger partial charge in [0.05, 0.1) is 16.7 Å². The number of hydrogen-bond acceptors (Lipinski definition) is 1. The van der Waals surface area contributed by atoms with Crippen molar-refractivity contribution in [1.82, 2.24) is 9.55 Å². The van der Waals surface area contributed by atoms with Crippen LogP contribution in [0.5, 0.6) is 0 Å². The topological polar surface area (TPSA) is 20.7 Å². The zero-order chi connectivity index (χ0) is 13.6. The van der Waals surface area contributed by atoms with Gasteiger partial charge in [-0.2, -0.15) is 0 Å². The van der Waals surface area contributed by atoms with E-state index in [9.17, 15) is 0 Å². The fourth-order valence-corrected chi connectivity index (χ4v) is 3.28. The molecule has 2 nitrogen and oxygen atoms in total. The van der Waals surface area contributed by atoms with Crippen molar-refractivity contribution >= 4 is 39.2 Å². The van der Waals surface area contributed by atoms with Crippen LogP contribution in [0.15, 0.2) is 40.9 Å². The number of imidazole rings is 1. The molecule has 0 unspecified atom stereocenters. The Morgan fingerprint density at radius 1 is 1.16 bits per heavy atom. The Morgan fingerprint density at radius 3 is 2.68 bits per heavy atom. The van der Waals surface area contributed by atoms with E-state index in [1.165, 1.54) is 11.1 Å². The molecule has 2 aromatic carbocycles. The van der Waals surface area contributed by atoms with Gasteiger partial charge in [-0.15, -0.1) is 0 Å². The highest BCUT2D eigenvalue weighted by Gasteiger charge is 2.10. The summed E-state index contributed by atoms with van der Waals surface area (Å²) in [5.74, 6) is 0. The quantitative estimate of drug-likeness (QED) is 0.617. The van der Waals surface area contributed by atoms with E-state index in [0.717, 1.165) is 21.2 Å². The molecular formula is C15H13BrN2S. The largest absolute Gasteiger partial charge is 0.330 e. The average molecular weight is 333 g/mol. The van der Waals surface area contributed by atoms with E-state index in [-0.39, 0.29) is 0 Å². The third kappa shape index (κ3) is 2.05. The first-order valence-corrected chi connectivity index (χ1v) is 7.25. The van der Waals surface area contributed by atoms with E-state index in [1.807, 2.05) is 0 Å². The molecule has 0 saturated heterocycles. The van der Waals surface area contributed by atoms with Crippen molar-refractivity contribution in [3.63, 3.8) is 0 Å². The van der Waals surface area contributed by atoms with Crippen LogP contribution in [0, 0.1) is 18.6 Å². The Hall–Kier alpha value is -1.39. The van der Waals surface area contributed by atoms with E-state index in [2.05, 4.69) is 75.7 Å². The van der Waals surface area contributed by atoms with Gasteiger partial charge in [-0.05, 0) is 71.3 Å². The van der Waals surface area contributed by atoms with Crippen LogP contribution in [0.2, 0.25) is 0 Å². The number of hydrogen-bond donors (Lipinski definition) is 1. The summed E-state index contributed by atoms with van der Waals surface area (Å²) in [6, 6.07) is 12.5. The molecule has 0 saturated carbocycles. The number of para-hydroxylation sites is 1. The number of aromatic amines is 1. The molecule has 0 spiro atoms. The molecule has 0 aliphatic heterocycles. The highest BCUT2D eigenvalue weighted by molar-refractivity contribution is 9.10.